The van der Waals surface area contributed by atoms with Gasteiger partial charge in [-0.3, -0.25) is 0 Å². The second kappa shape index (κ2) is 5.86. The number of benzene rings is 1. The van der Waals surface area contributed by atoms with E-state index in [0.29, 0.717) is 17.9 Å². The van der Waals surface area contributed by atoms with Gasteiger partial charge in [-0.25, -0.2) is 0 Å². The molecule has 3 heteroatoms. The Morgan fingerprint density at radius 3 is 2.77 bits per heavy atom. The van der Waals surface area contributed by atoms with Gasteiger partial charge in [0.15, 0.2) is 0 Å². The molecule has 2 aliphatic carbocycles. The molecule has 1 aromatic carbocycles. The lowest BCUT2D eigenvalue weighted by Crippen LogP contribution is -2.34. The number of nitrogens with one attached hydrogen (secondary N) is 1. The average molecular weight is 303 g/mol. The van der Waals surface area contributed by atoms with E-state index in [4.69, 9.17) is 9.84 Å². The minimum absolute atomic E-state index is 0.211. The van der Waals surface area contributed by atoms with E-state index in [0.717, 1.165) is 18.9 Å². The lowest BCUT2D eigenvalue weighted by molar-refractivity contribution is 0.251. The van der Waals surface area contributed by atoms with Crippen LogP contribution < -0.4 is 10.1 Å². The molecule has 0 spiro atoms. The summed E-state index contributed by atoms with van der Waals surface area (Å²) in [5.74, 6) is 1.74. The first-order chi connectivity index (χ1) is 10.7. The molecule has 2 saturated carbocycles. The summed E-state index contributed by atoms with van der Waals surface area (Å²) in [5.41, 5.74) is 3.57. The summed E-state index contributed by atoms with van der Waals surface area (Å²) in [6, 6.07) is 6.84. The number of ether oxygens (including phenoxy) is 1. The molecule has 4 rings (SSSR count). The van der Waals surface area contributed by atoms with Gasteiger partial charge in [0.25, 0.3) is 0 Å². The van der Waals surface area contributed by atoms with E-state index >= 15 is 0 Å². The first kappa shape index (κ1) is 15.8. The molecule has 0 aromatic heterocycles. The quantitative estimate of drug-likeness (QED) is 0.822. The maximum atomic E-state index is 8.96. The van der Waals surface area contributed by atoms with Crippen molar-refractivity contribution in [2.75, 3.05) is 26.3 Å². The number of hydrogen-bond acceptors (Lipinski definition) is 3. The predicted molar refractivity (Wildman–Crippen MR) is 89.6 cm³/mol. The van der Waals surface area contributed by atoms with Crippen molar-refractivity contribution in [1.29, 1.82) is 0 Å². The molecule has 2 fully saturated rings. The molecule has 0 amide bonds. The number of aliphatic hydroxyl groups is 1. The van der Waals surface area contributed by atoms with Crippen LogP contribution in [0.1, 0.15) is 51.2 Å². The van der Waals surface area contributed by atoms with E-state index in [9.17, 15) is 0 Å². The molecule has 1 heterocycles. The van der Waals surface area contributed by atoms with Crippen molar-refractivity contribution in [2.45, 2.75) is 50.9 Å². The smallest absolute Gasteiger partial charge is 0.123 e. The zero-order valence-electron chi connectivity index (χ0n) is 14.1. The van der Waals surface area contributed by atoms with Gasteiger partial charge >= 0.3 is 0 Å². The van der Waals surface area contributed by atoms with Crippen molar-refractivity contribution in [2.24, 2.45) is 5.92 Å². The SMILES string of the molecule is CC.CC1(c2ccc3c(c2)C2(CNCCO)CC2CO3)CC1. The van der Waals surface area contributed by atoms with Crippen LogP contribution in [0.3, 0.4) is 0 Å². The van der Waals surface area contributed by atoms with Crippen molar-refractivity contribution in [3.63, 3.8) is 0 Å². The Balaban J connectivity index is 0.000000693. The van der Waals surface area contributed by atoms with E-state index in [1.165, 1.54) is 30.4 Å². The maximum Gasteiger partial charge on any atom is 0.123 e. The molecule has 22 heavy (non-hydrogen) atoms. The third-order valence-electron chi connectivity index (χ3n) is 5.61. The highest BCUT2D eigenvalue weighted by atomic mass is 16.5. The lowest BCUT2D eigenvalue weighted by Gasteiger charge is -2.28. The first-order valence-corrected chi connectivity index (χ1v) is 8.77. The van der Waals surface area contributed by atoms with Gasteiger partial charge in [0.05, 0.1) is 13.2 Å². The molecule has 1 aliphatic heterocycles. The fraction of sp³-hybridized carbons (Fsp3) is 0.684. The Morgan fingerprint density at radius 2 is 2.09 bits per heavy atom. The maximum absolute atomic E-state index is 8.96. The summed E-state index contributed by atoms with van der Waals surface area (Å²) in [6.45, 7) is 9.07. The van der Waals surface area contributed by atoms with Gasteiger partial charge in [-0.2, -0.15) is 0 Å². The largest absolute Gasteiger partial charge is 0.493 e. The summed E-state index contributed by atoms with van der Waals surface area (Å²) in [7, 11) is 0. The number of aliphatic hydroxyl groups excluding tert-OH is 1. The summed E-state index contributed by atoms with van der Waals surface area (Å²) in [4.78, 5) is 0. The fourth-order valence-corrected chi connectivity index (χ4v) is 3.72. The molecule has 3 aliphatic rings. The molecule has 0 bridgehead atoms. The van der Waals surface area contributed by atoms with Crippen molar-refractivity contribution >= 4 is 0 Å². The standard InChI is InChI=1S/C17H23NO2.C2H6/c1-16(4-5-16)12-2-3-15-14(8-12)17(11-18-6-7-19)9-13(17)10-20-15;1-2/h2-3,8,13,18-19H,4-7,9-11H2,1H3;1-2H3. The van der Waals surface area contributed by atoms with Crippen LogP contribution >= 0.6 is 0 Å². The van der Waals surface area contributed by atoms with Gasteiger partial charge in [0.1, 0.15) is 5.75 Å². The molecule has 0 radical (unpaired) electrons. The van der Waals surface area contributed by atoms with Gasteiger partial charge in [0, 0.05) is 30.0 Å². The van der Waals surface area contributed by atoms with Gasteiger partial charge in [0.2, 0.25) is 0 Å². The highest BCUT2D eigenvalue weighted by Gasteiger charge is 2.59. The third kappa shape index (κ3) is 2.55. The van der Waals surface area contributed by atoms with Crippen LogP contribution in [0.5, 0.6) is 5.75 Å². The zero-order chi connectivity index (χ0) is 15.8. The molecule has 0 saturated heterocycles. The van der Waals surface area contributed by atoms with Crippen LogP contribution in [0.2, 0.25) is 0 Å². The predicted octanol–water partition coefficient (Wildman–Crippen LogP) is 3.00. The van der Waals surface area contributed by atoms with Crippen LogP contribution in [0, 0.1) is 5.92 Å². The number of fused-ring (bicyclic) bond motifs is 3. The molecule has 2 unspecified atom stereocenters. The average Bonchev–Trinajstić information content (AvgIpc) is 3.46. The van der Waals surface area contributed by atoms with Crippen molar-refractivity contribution < 1.29 is 9.84 Å². The van der Waals surface area contributed by atoms with Crippen LogP contribution in [0.4, 0.5) is 0 Å². The molecular weight excluding hydrogens is 274 g/mol. The van der Waals surface area contributed by atoms with Crippen molar-refractivity contribution in [3.05, 3.63) is 29.3 Å². The second-order valence-corrected chi connectivity index (χ2v) is 7.04. The van der Waals surface area contributed by atoms with E-state index in [2.05, 4.69) is 30.4 Å². The first-order valence-electron chi connectivity index (χ1n) is 8.77. The molecule has 1 aromatic rings. The van der Waals surface area contributed by atoms with Gasteiger partial charge in [-0.05, 0) is 36.3 Å². The summed E-state index contributed by atoms with van der Waals surface area (Å²) < 4.78 is 5.92. The van der Waals surface area contributed by atoms with Gasteiger partial charge in [-0.15, -0.1) is 0 Å². The minimum Gasteiger partial charge on any atom is -0.493 e. The number of hydrogen-bond donors (Lipinski definition) is 2. The Hall–Kier alpha value is -1.06. The summed E-state index contributed by atoms with van der Waals surface area (Å²) in [5, 5.41) is 12.4. The minimum atomic E-state index is 0.211. The Kier molecular flexibility index (Phi) is 4.21. The van der Waals surface area contributed by atoms with Gasteiger partial charge in [-0.1, -0.05) is 32.9 Å². The van der Waals surface area contributed by atoms with E-state index in [-0.39, 0.29) is 12.0 Å². The van der Waals surface area contributed by atoms with Crippen LogP contribution in [-0.4, -0.2) is 31.4 Å². The summed E-state index contributed by atoms with van der Waals surface area (Å²) >= 11 is 0. The Bertz CT molecular complexity index is 538. The second-order valence-electron chi connectivity index (χ2n) is 7.04. The van der Waals surface area contributed by atoms with Crippen LogP contribution in [-0.2, 0) is 10.8 Å². The van der Waals surface area contributed by atoms with E-state index in [1.807, 2.05) is 13.8 Å². The summed E-state index contributed by atoms with van der Waals surface area (Å²) in [6.07, 6.45) is 3.84. The molecule has 2 atom stereocenters. The fourth-order valence-electron chi connectivity index (χ4n) is 3.72. The lowest BCUT2D eigenvalue weighted by atomic mass is 9.86. The number of rotatable bonds is 5. The monoisotopic (exact) mass is 303 g/mol. The van der Waals surface area contributed by atoms with Crippen LogP contribution in [0.25, 0.3) is 0 Å². The molecule has 3 nitrogen and oxygen atoms in total. The topological polar surface area (TPSA) is 41.5 Å². The Morgan fingerprint density at radius 1 is 1.32 bits per heavy atom. The van der Waals surface area contributed by atoms with Crippen molar-refractivity contribution in [1.82, 2.24) is 5.32 Å². The highest BCUT2D eigenvalue weighted by molar-refractivity contribution is 5.51. The van der Waals surface area contributed by atoms with Crippen molar-refractivity contribution in [3.8, 4) is 5.75 Å². The molecule has 2 N–H and O–H groups in total. The normalized spacial score (nSPS) is 29.4. The van der Waals surface area contributed by atoms with Crippen LogP contribution in [0.15, 0.2) is 18.2 Å². The van der Waals surface area contributed by atoms with E-state index < -0.39 is 0 Å². The Labute approximate surface area is 134 Å². The van der Waals surface area contributed by atoms with Gasteiger partial charge < -0.3 is 15.2 Å². The zero-order valence-corrected chi connectivity index (χ0v) is 14.1. The molecule has 122 valence electrons. The van der Waals surface area contributed by atoms with E-state index in [1.54, 1.807) is 0 Å². The highest BCUT2D eigenvalue weighted by Crippen LogP contribution is 2.60. The molecular formula is C19H29NO2. The third-order valence-corrected chi connectivity index (χ3v) is 5.61.